The van der Waals surface area contributed by atoms with Gasteiger partial charge in [0.25, 0.3) is 0 Å². The lowest BCUT2D eigenvalue weighted by molar-refractivity contribution is 0.00578. The molecule has 0 N–H and O–H groups in total. The normalized spacial score (nSPS) is 19.9. The van der Waals surface area contributed by atoms with Crippen LogP contribution >= 0.6 is 0 Å². The Balaban J connectivity index is 2.12. The molecule has 2 rings (SSSR count). The van der Waals surface area contributed by atoms with Crippen LogP contribution in [0.15, 0.2) is 24.3 Å². The molecule has 0 amide bonds. The van der Waals surface area contributed by atoms with Crippen LogP contribution in [0.3, 0.4) is 0 Å². The van der Waals surface area contributed by atoms with E-state index in [1.807, 2.05) is 0 Å². The van der Waals surface area contributed by atoms with Gasteiger partial charge in [0, 0.05) is 0 Å². The molecule has 0 aliphatic carbocycles. The van der Waals surface area contributed by atoms with Crippen molar-refractivity contribution in [3.8, 4) is 0 Å². The Morgan fingerprint density at radius 2 is 1.32 bits per heavy atom. The fourth-order valence-electron chi connectivity index (χ4n) is 3.08. The van der Waals surface area contributed by atoms with Crippen molar-refractivity contribution in [3.63, 3.8) is 0 Å². The molecule has 0 saturated carbocycles. The van der Waals surface area contributed by atoms with Crippen molar-refractivity contribution in [1.82, 2.24) is 0 Å². The summed E-state index contributed by atoms with van der Waals surface area (Å²) in [7, 11) is -0.255. The van der Waals surface area contributed by atoms with E-state index in [2.05, 4.69) is 65.8 Å². The summed E-state index contributed by atoms with van der Waals surface area (Å²) in [5.74, 6) is 0.683. The molecule has 2 nitrogen and oxygen atoms in total. The SMILES string of the molecule is CCCC(CCC)c1ccc(B2OC(C)(C)C(C)(C)O2)cc1. The smallest absolute Gasteiger partial charge is 0.399 e. The summed E-state index contributed by atoms with van der Waals surface area (Å²) in [6.07, 6.45) is 5.01. The van der Waals surface area contributed by atoms with Gasteiger partial charge in [0.15, 0.2) is 0 Å². The van der Waals surface area contributed by atoms with Crippen molar-refractivity contribution < 1.29 is 9.31 Å². The average Bonchev–Trinajstić information content (AvgIpc) is 2.67. The van der Waals surface area contributed by atoms with Crippen LogP contribution in [0.5, 0.6) is 0 Å². The molecule has 0 bridgehead atoms. The summed E-state index contributed by atoms with van der Waals surface area (Å²) in [4.78, 5) is 0. The Hall–Kier alpha value is -0.795. The highest BCUT2D eigenvalue weighted by molar-refractivity contribution is 6.62. The fraction of sp³-hybridized carbons (Fsp3) is 0.684. The average molecular weight is 302 g/mol. The monoisotopic (exact) mass is 302 g/mol. The molecule has 22 heavy (non-hydrogen) atoms. The second-order valence-electron chi connectivity index (χ2n) is 7.53. The minimum atomic E-state index is -0.275. The van der Waals surface area contributed by atoms with Gasteiger partial charge < -0.3 is 9.31 Å². The predicted molar refractivity (Wildman–Crippen MR) is 94.7 cm³/mol. The standard InChI is InChI=1S/C19H31BO2/c1-7-9-15(10-8-2)16-11-13-17(14-12-16)20-21-18(3,4)19(5,6)22-20/h11-15H,7-10H2,1-6H3. The summed E-state index contributed by atoms with van der Waals surface area (Å²) in [6.45, 7) is 12.9. The number of hydrogen-bond donors (Lipinski definition) is 0. The zero-order chi connectivity index (χ0) is 16.4. The first-order valence-corrected chi connectivity index (χ1v) is 8.76. The van der Waals surface area contributed by atoms with E-state index < -0.39 is 0 Å². The lowest BCUT2D eigenvalue weighted by Crippen LogP contribution is -2.41. The maximum absolute atomic E-state index is 6.12. The van der Waals surface area contributed by atoms with Crippen LogP contribution in [-0.2, 0) is 9.31 Å². The van der Waals surface area contributed by atoms with Crippen LogP contribution in [0, 0.1) is 0 Å². The summed E-state index contributed by atoms with van der Waals surface area (Å²) in [5.41, 5.74) is 2.02. The van der Waals surface area contributed by atoms with Crippen LogP contribution in [0.1, 0.15) is 78.7 Å². The Kier molecular flexibility index (Phi) is 5.39. The van der Waals surface area contributed by atoms with E-state index in [4.69, 9.17) is 9.31 Å². The van der Waals surface area contributed by atoms with Crippen molar-refractivity contribution in [2.45, 2.75) is 84.3 Å². The predicted octanol–water partition coefficient (Wildman–Crippen LogP) is 4.67. The van der Waals surface area contributed by atoms with E-state index in [0.29, 0.717) is 5.92 Å². The van der Waals surface area contributed by atoms with Gasteiger partial charge in [0.2, 0.25) is 0 Å². The largest absolute Gasteiger partial charge is 0.494 e. The van der Waals surface area contributed by atoms with Crippen molar-refractivity contribution in [2.75, 3.05) is 0 Å². The van der Waals surface area contributed by atoms with Gasteiger partial charge in [-0.3, -0.25) is 0 Å². The lowest BCUT2D eigenvalue weighted by atomic mass is 9.78. The first-order chi connectivity index (χ1) is 10.3. The molecule has 1 aromatic carbocycles. The fourth-order valence-corrected chi connectivity index (χ4v) is 3.08. The highest BCUT2D eigenvalue weighted by Gasteiger charge is 2.51. The van der Waals surface area contributed by atoms with Gasteiger partial charge >= 0.3 is 7.12 Å². The van der Waals surface area contributed by atoms with Crippen molar-refractivity contribution in [3.05, 3.63) is 29.8 Å². The molecule has 0 spiro atoms. The van der Waals surface area contributed by atoms with Crippen LogP contribution in [-0.4, -0.2) is 18.3 Å². The van der Waals surface area contributed by atoms with Gasteiger partial charge in [-0.2, -0.15) is 0 Å². The Morgan fingerprint density at radius 3 is 1.73 bits per heavy atom. The molecule has 1 heterocycles. The molecule has 0 unspecified atom stereocenters. The second-order valence-corrected chi connectivity index (χ2v) is 7.53. The van der Waals surface area contributed by atoms with E-state index in [1.54, 1.807) is 0 Å². The molecule has 122 valence electrons. The lowest BCUT2D eigenvalue weighted by Gasteiger charge is -2.32. The van der Waals surface area contributed by atoms with E-state index >= 15 is 0 Å². The third-order valence-corrected chi connectivity index (χ3v) is 5.21. The Morgan fingerprint density at radius 1 is 0.864 bits per heavy atom. The van der Waals surface area contributed by atoms with Gasteiger partial charge in [-0.1, -0.05) is 51.0 Å². The molecule has 3 heteroatoms. The molecule has 1 saturated heterocycles. The highest BCUT2D eigenvalue weighted by atomic mass is 16.7. The molecular formula is C19H31BO2. The molecular weight excluding hydrogens is 271 g/mol. The number of benzene rings is 1. The van der Waals surface area contributed by atoms with Gasteiger partial charge in [0.1, 0.15) is 0 Å². The van der Waals surface area contributed by atoms with Crippen LogP contribution in [0.2, 0.25) is 0 Å². The summed E-state index contributed by atoms with van der Waals surface area (Å²) in [6, 6.07) is 8.87. The summed E-state index contributed by atoms with van der Waals surface area (Å²) < 4.78 is 12.2. The zero-order valence-electron chi connectivity index (χ0n) is 15.1. The quantitative estimate of drug-likeness (QED) is 0.711. The molecule has 0 aromatic heterocycles. The molecule has 1 aliphatic heterocycles. The van der Waals surface area contributed by atoms with E-state index in [1.165, 1.54) is 31.2 Å². The molecule has 1 aliphatic rings. The third kappa shape index (κ3) is 3.57. The van der Waals surface area contributed by atoms with E-state index in [-0.39, 0.29) is 18.3 Å². The summed E-state index contributed by atoms with van der Waals surface area (Å²) in [5, 5.41) is 0. The number of rotatable bonds is 6. The molecule has 0 atom stereocenters. The van der Waals surface area contributed by atoms with Crippen LogP contribution in [0.25, 0.3) is 0 Å². The van der Waals surface area contributed by atoms with Gasteiger partial charge in [-0.05, 0) is 57.5 Å². The first-order valence-electron chi connectivity index (χ1n) is 8.76. The first kappa shape index (κ1) is 17.6. The number of hydrogen-bond acceptors (Lipinski definition) is 2. The zero-order valence-corrected chi connectivity index (χ0v) is 15.1. The second kappa shape index (κ2) is 6.76. The topological polar surface area (TPSA) is 18.5 Å². The molecule has 1 fully saturated rings. The maximum Gasteiger partial charge on any atom is 0.494 e. The minimum Gasteiger partial charge on any atom is -0.399 e. The Bertz CT molecular complexity index is 457. The van der Waals surface area contributed by atoms with Crippen molar-refractivity contribution >= 4 is 12.6 Å². The van der Waals surface area contributed by atoms with Crippen LogP contribution < -0.4 is 5.46 Å². The van der Waals surface area contributed by atoms with Gasteiger partial charge in [0.05, 0.1) is 11.2 Å². The minimum absolute atomic E-state index is 0.255. The van der Waals surface area contributed by atoms with Gasteiger partial charge in [-0.15, -0.1) is 0 Å². The highest BCUT2D eigenvalue weighted by Crippen LogP contribution is 2.36. The summed E-state index contributed by atoms with van der Waals surface area (Å²) >= 11 is 0. The van der Waals surface area contributed by atoms with Crippen molar-refractivity contribution in [2.24, 2.45) is 0 Å². The molecule has 0 radical (unpaired) electrons. The molecule has 1 aromatic rings. The van der Waals surface area contributed by atoms with Crippen LogP contribution in [0.4, 0.5) is 0 Å². The van der Waals surface area contributed by atoms with E-state index in [0.717, 1.165) is 5.46 Å². The van der Waals surface area contributed by atoms with Crippen molar-refractivity contribution in [1.29, 1.82) is 0 Å². The maximum atomic E-state index is 6.12. The Labute approximate surface area is 136 Å². The van der Waals surface area contributed by atoms with Gasteiger partial charge in [-0.25, -0.2) is 0 Å². The third-order valence-electron chi connectivity index (χ3n) is 5.21. The van der Waals surface area contributed by atoms with E-state index in [9.17, 15) is 0 Å².